The largest absolute Gasteiger partial charge is 0.478 e. The molecule has 2 rings (SSSR count). The van der Waals surface area contributed by atoms with Crippen LogP contribution in [0.15, 0.2) is 44.4 Å². The molecule has 0 radical (unpaired) electrons. The lowest BCUT2D eigenvalue weighted by Crippen LogP contribution is -2.08. The minimum absolute atomic E-state index is 0.104. The minimum Gasteiger partial charge on any atom is -0.478 e. The van der Waals surface area contributed by atoms with Crippen molar-refractivity contribution in [2.75, 3.05) is 5.75 Å². The molecule has 3 nitrogen and oxygen atoms in total. The summed E-state index contributed by atoms with van der Waals surface area (Å²) in [5, 5.41) is 13.1. The van der Waals surface area contributed by atoms with Crippen LogP contribution >= 0.6 is 27.3 Å². The van der Waals surface area contributed by atoms with Crippen LogP contribution in [0.1, 0.15) is 15.9 Å². The molecule has 0 amide bonds. The van der Waals surface area contributed by atoms with E-state index in [4.69, 9.17) is 5.11 Å². The van der Waals surface area contributed by atoms with Crippen molar-refractivity contribution in [3.05, 3.63) is 50.6 Å². The molecule has 0 saturated carbocycles. The predicted octanol–water partition coefficient (Wildman–Crippen LogP) is 3.56. The zero-order valence-corrected chi connectivity index (χ0v) is 13.1. The standard InChI is InChI=1S/C13H11BrO3S2/c14-10-1-2-11(13(15)16)12(7-10)19(17)6-4-9-3-5-18-8-9/h1-3,5,7-8H,4,6H2,(H,15,16). The SMILES string of the molecule is O=C(O)c1ccc(Br)cc1S(=O)CCc1ccsc1. The van der Waals surface area contributed by atoms with Gasteiger partial charge in [0, 0.05) is 10.2 Å². The Morgan fingerprint density at radius 1 is 1.37 bits per heavy atom. The number of carboxylic acid groups (broad SMARTS) is 1. The van der Waals surface area contributed by atoms with E-state index in [1.54, 1.807) is 23.5 Å². The van der Waals surface area contributed by atoms with Gasteiger partial charge in [0.2, 0.25) is 0 Å². The number of hydrogen-bond acceptors (Lipinski definition) is 3. The first-order valence-electron chi connectivity index (χ1n) is 5.50. The van der Waals surface area contributed by atoms with Gasteiger partial charge < -0.3 is 5.11 Å². The lowest BCUT2D eigenvalue weighted by molar-refractivity contribution is 0.0693. The van der Waals surface area contributed by atoms with Gasteiger partial charge in [0.25, 0.3) is 0 Å². The summed E-state index contributed by atoms with van der Waals surface area (Å²) in [5.74, 6) is -0.626. The smallest absolute Gasteiger partial charge is 0.336 e. The Morgan fingerprint density at radius 3 is 2.79 bits per heavy atom. The normalized spacial score (nSPS) is 12.3. The lowest BCUT2D eigenvalue weighted by Gasteiger charge is -2.06. The van der Waals surface area contributed by atoms with Gasteiger partial charge in [-0.3, -0.25) is 4.21 Å². The monoisotopic (exact) mass is 358 g/mol. The molecule has 0 spiro atoms. The Labute approximate surface area is 125 Å². The van der Waals surface area contributed by atoms with Crippen LogP contribution in [-0.4, -0.2) is 21.0 Å². The molecule has 0 aliphatic heterocycles. The maximum absolute atomic E-state index is 12.2. The molecule has 0 saturated heterocycles. The molecule has 1 atom stereocenters. The fourth-order valence-electron chi connectivity index (χ4n) is 1.62. The van der Waals surface area contributed by atoms with Crippen molar-refractivity contribution < 1.29 is 14.1 Å². The van der Waals surface area contributed by atoms with Crippen molar-refractivity contribution in [1.82, 2.24) is 0 Å². The fraction of sp³-hybridized carbons (Fsp3) is 0.154. The highest BCUT2D eigenvalue weighted by atomic mass is 79.9. The molecule has 6 heteroatoms. The van der Waals surface area contributed by atoms with E-state index in [-0.39, 0.29) is 5.56 Å². The number of halogens is 1. The van der Waals surface area contributed by atoms with Gasteiger partial charge in [0.1, 0.15) is 0 Å². The highest BCUT2D eigenvalue weighted by Crippen LogP contribution is 2.21. The van der Waals surface area contributed by atoms with E-state index in [9.17, 15) is 9.00 Å². The van der Waals surface area contributed by atoms with Gasteiger partial charge in [-0.2, -0.15) is 11.3 Å². The van der Waals surface area contributed by atoms with Gasteiger partial charge in [-0.1, -0.05) is 15.9 Å². The predicted molar refractivity (Wildman–Crippen MR) is 80.4 cm³/mol. The summed E-state index contributed by atoms with van der Waals surface area (Å²) < 4.78 is 13.0. The molecule has 100 valence electrons. The molecule has 0 aliphatic rings. The van der Waals surface area contributed by atoms with E-state index in [0.717, 1.165) is 10.0 Å². The maximum atomic E-state index is 12.2. The van der Waals surface area contributed by atoms with Crippen molar-refractivity contribution in [3.63, 3.8) is 0 Å². The molecule has 1 aromatic heterocycles. The van der Waals surface area contributed by atoms with Crippen LogP contribution in [0.25, 0.3) is 0 Å². The maximum Gasteiger partial charge on any atom is 0.336 e. The molecule has 19 heavy (non-hydrogen) atoms. The van der Waals surface area contributed by atoms with E-state index in [0.29, 0.717) is 17.1 Å². The van der Waals surface area contributed by atoms with Gasteiger partial charge in [0.05, 0.1) is 21.3 Å². The van der Waals surface area contributed by atoms with Gasteiger partial charge in [-0.15, -0.1) is 0 Å². The number of rotatable bonds is 5. The first-order valence-corrected chi connectivity index (χ1v) is 8.55. The quantitative estimate of drug-likeness (QED) is 0.888. The average Bonchev–Trinajstić information content (AvgIpc) is 2.88. The third-order valence-corrected chi connectivity index (χ3v) is 5.20. The van der Waals surface area contributed by atoms with Crippen molar-refractivity contribution in [3.8, 4) is 0 Å². The summed E-state index contributed by atoms with van der Waals surface area (Å²) in [6, 6.07) is 6.72. The Hall–Kier alpha value is -0.980. The number of aromatic carboxylic acids is 1. The zero-order valence-electron chi connectivity index (χ0n) is 9.84. The summed E-state index contributed by atoms with van der Waals surface area (Å²) in [7, 11) is -1.32. The summed E-state index contributed by atoms with van der Waals surface area (Å²) in [4.78, 5) is 11.5. The topological polar surface area (TPSA) is 54.4 Å². The van der Waals surface area contributed by atoms with Crippen LogP contribution < -0.4 is 0 Å². The van der Waals surface area contributed by atoms with Crippen molar-refractivity contribution in [1.29, 1.82) is 0 Å². The number of carboxylic acids is 1. The van der Waals surface area contributed by atoms with Crippen LogP contribution in [0, 0.1) is 0 Å². The zero-order chi connectivity index (χ0) is 13.8. The van der Waals surface area contributed by atoms with Crippen LogP contribution in [0.4, 0.5) is 0 Å². The molecule has 0 aliphatic carbocycles. The highest BCUT2D eigenvalue weighted by Gasteiger charge is 2.15. The number of aryl methyl sites for hydroxylation is 1. The van der Waals surface area contributed by atoms with E-state index < -0.39 is 16.8 Å². The Bertz CT molecular complexity index is 608. The van der Waals surface area contributed by atoms with Crippen molar-refractivity contribution in [2.24, 2.45) is 0 Å². The van der Waals surface area contributed by atoms with Crippen LogP contribution in [-0.2, 0) is 17.2 Å². The second kappa shape index (κ2) is 6.45. The molecule has 0 bridgehead atoms. The molecule has 1 N–H and O–H groups in total. The second-order valence-corrected chi connectivity index (χ2v) is 7.11. The third kappa shape index (κ3) is 3.75. The number of hydrogen-bond donors (Lipinski definition) is 1. The third-order valence-electron chi connectivity index (χ3n) is 2.58. The number of benzene rings is 1. The molecule has 1 unspecified atom stereocenters. The van der Waals surface area contributed by atoms with Gasteiger partial charge in [0.15, 0.2) is 0 Å². The van der Waals surface area contributed by atoms with Crippen molar-refractivity contribution >= 4 is 44.0 Å². The fourth-order valence-corrected chi connectivity index (χ4v) is 4.13. The molecule has 1 heterocycles. The molecular formula is C13H11BrO3S2. The number of carbonyl (C=O) groups is 1. The van der Waals surface area contributed by atoms with Gasteiger partial charge >= 0.3 is 5.97 Å². The molecule has 2 aromatic rings. The van der Waals surface area contributed by atoms with Crippen LogP contribution in [0.2, 0.25) is 0 Å². The number of thiophene rings is 1. The Balaban J connectivity index is 2.18. The van der Waals surface area contributed by atoms with Gasteiger partial charge in [-0.25, -0.2) is 4.79 Å². The summed E-state index contributed by atoms with van der Waals surface area (Å²) in [6.07, 6.45) is 0.682. The summed E-state index contributed by atoms with van der Waals surface area (Å²) >= 11 is 4.87. The van der Waals surface area contributed by atoms with Crippen LogP contribution in [0.5, 0.6) is 0 Å². The summed E-state index contributed by atoms with van der Waals surface area (Å²) in [5.41, 5.74) is 1.23. The second-order valence-electron chi connectivity index (χ2n) is 3.88. The average molecular weight is 359 g/mol. The molecule has 1 aromatic carbocycles. The summed E-state index contributed by atoms with van der Waals surface area (Å²) in [6.45, 7) is 0. The van der Waals surface area contributed by atoms with E-state index in [1.165, 1.54) is 6.07 Å². The Morgan fingerprint density at radius 2 is 2.16 bits per heavy atom. The molecular weight excluding hydrogens is 348 g/mol. The lowest BCUT2D eigenvalue weighted by atomic mass is 10.2. The van der Waals surface area contributed by atoms with Crippen LogP contribution in [0.3, 0.4) is 0 Å². The minimum atomic E-state index is -1.32. The molecule has 0 fully saturated rings. The van der Waals surface area contributed by atoms with E-state index >= 15 is 0 Å². The Kier molecular flexibility index (Phi) is 4.90. The van der Waals surface area contributed by atoms with Crippen molar-refractivity contribution in [2.45, 2.75) is 11.3 Å². The first-order chi connectivity index (χ1) is 9.08. The van der Waals surface area contributed by atoms with E-state index in [1.807, 2.05) is 16.8 Å². The highest BCUT2D eigenvalue weighted by molar-refractivity contribution is 9.10. The first kappa shape index (κ1) is 14.4. The van der Waals surface area contributed by atoms with Gasteiger partial charge in [-0.05, 0) is 47.0 Å². The van der Waals surface area contributed by atoms with E-state index in [2.05, 4.69) is 15.9 Å².